The Morgan fingerprint density at radius 1 is 0.205 bits per heavy atom. The molecule has 0 fully saturated rings. The van der Waals surface area contributed by atoms with Gasteiger partial charge in [-0.1, -0.05) is 170 Å². The number of nitrogens with zero attached hydrogens (tertiary/aromatic N) is 6. The van der Waals surface area contributed by atoms with Crippen LogP contribution >= 0.6 is 0 Å². The zero-order valence-electron chi connectivity index (χ0n) is 41.8. The van der Waals surface area contributed by atoms with Gasteiger partial charge in [-0.25, -0.2) is 0 Å². The van der Waals surface area contributed by atoms with Crippen LogP contribution in [0.5, 0.6) is 0 Å². The first-order valence-corrected chi connectivity index (χ1v) is 26.4. The summed E-state index contributed by atoms with van der Waals surface area (Å²) in [4.78, 5) is 0. The molecule has 0 spiro atoms. The monoisotopic (exact) mass is 988 g/mol. The normalized spacial score (nSPS) is 12.1. The first kappa shape index (κ1) is 42.4. The van der Waals surface area contributed by atoms with Gasteiger partial charge in [0.2, 0.25) is 0 Å². The highest BCUT2D eigenvalue weighted by atomic mass is 15.1. The molecule has 0 bridgehead atoms. The summed E-state index contributed by atoms with van der Waals surface area (Å²) in [6.07, 6.45) is 0. The molecule has 6 nitrogen and oxygen atoms in total. The first-order valence-electron chi connectivity index (χ1n) is 26.4. The largest absolute Gasteiger partial charge is 0.306 e. The molecule has 78 heavy (non-hydrogen) atoms. The summed E-state index contributed by atoms with van der Waals surface area (Å²) in [5, 5.41) is 42.9. The van der Waals surface area contributed by atoms with Crippen LogP contribution in [0.1, 0.15) is 11.1 Å². The van der Waals surface area contributed by atoms with Gasteiger partial charge < -0.3 is 18.3 Å². The van der Waals surface area contributed by atoms with Gasteiger partial charge in [0.15, 0.2) is 0 Å². The summed E-state index contributed by atoms with van der Waals surface area (Å²) >= 11 is 0. The van der Waals surface area contributed by atoms with Gasteiger partial charge in [0.25, 0.3) is 0 Å². The molecule has 17 rings (SSSR count). The number of rotatable bonds is 4. The minimum absolute atomic E-state index is 0.420. The van der Waals surface area contributed by atoms with Crippen molar-refractivity contribution in [3.05, 3.63) is 254 Å². The van der Waals surface area contributed by atoms with E-state index in [1.54, 1.807) is 0 Å². The Bertz CT molecular complexity index is 4930. The average Bonchev–Trinajstić information content (AvgIpc) is 4.32. The summed E-state index contributed by atoms with van der Waals surface area (Å²) in [7, 11) is 0. The van der Waals surface area contributed by atoms with Crippen molar-refractivity contribution in [2.75, 3.05) is 0 Å². The van der Waals surface area contributed by atoms with Gasteiger partial charge in [-0.2, -0.15) is 10.5 Å². The van der Waals surface area contributed by atoms with Crippen molar-refractivity contribution in [2.24, 2.45) is 0 Å². The second-order valence-electron chi connectivity index (χ2n) is 20.6. The molecule has 13 aromatic carbocycles. The van der Waals surface area contributed by atoms with E-state index in [-0.39, 0.29) is 0 Å². The molecule has 0 radical (unpaired) electrons. The maximum absolute atomic E-state index is 12.9. The highest BCUT2D eigenvalue weighted by Crippen LogP contribution is 2.50. The van der Waals surface area contributed by atoms with Gasteiger partial charge in [0.1, 0.15) is 23.3 Å². The highest BCUT2D eigenvalue weighted by molar-refractivity contribution is 6.20. The van der Waals surface area contributed by atoms with E-state index in [1.165, 1.54) is 0 Å². The van der Waals surface area contributed by atoms with Crippen LogP contribution in [0.25, 0.3) is 153 Å². The van der Waals surface area contributed by atoms with Gasteiger partial charge in [0.05, 0.1) is 66.9 Å². The fourth-order valence-corrected chi connectivity index (χ4v) is 13.4. The predicted octanol–water partition coefficient (Wildman–Crippen LogP) is 18.4. The molecule has 17 aromatic rings. The lowest BCUT2D eigenvalue weighted by Gasteiger charge is -2.27. The van der Waals surface area contributed by atoms with Gasteiger partial charge in [0, 0.05) is 43.1 Å². The maximum Gasteiger partial charge on any atom is 0.104 e. The SMILES string of the molecule is N#Cc1c(-n2c3ccccc3c3cc4ccccc4cc32)c(-n2c3ccccc3c3cc4ccccc4cc32)c(C#N)c(-n2c3ccccc3c3cc4ccccc4cc32)c1-n1c2ccccc2c2cc3ccccc3cc21. The van der Waals surface area contributed by atoms with E-state index in [9.17, 15) is 10.5 Å². The van der Waals surface area contributed by atoms with Gasteiger partial charge >= 0.3 is 0 Å². The van der Waals surface area contributed by atoms with Gasteiger partial charge in [-0.05, 0) is 116 Å². The molecule has 0 unspecified atom stereocenters. The summed E-state index contributed by atoms with van der Waals surface area (Å²) < 4.78 is 9.18. The van der Waals surface area contributed by atoms with Crippen LogP contribution in [0, 0.1) is 22.7 Å². The van der Waals surface area contributed by atoms with Crippen LogP contribution < -0.4 is 0 Å². The van der Waals surface area contributed by atoms with Crippen molar-refractivity contribution in [1.29, 1.82) is 10.5 Å². The fraction of sp³-hybridized carbons (Fsp3) is 0. The average molecular weight is 989 g/mol. The Morgan fingerprint density at radius 3 is 0.615 bits per heavy atom. The topological polar surface area (TPSA) is 67.3 Å². The molecule has 0 aliphatic heterocycles. The van der Waals surface area contributed by atoms with Crippen molar-refractivity contribution >= 4 is 130 Å². The Morgan fingerprint density at radius 2 is 0.397 bits per heavy atom. The zero-order chi connectivity index (χ0) is 51.3. The minimum atomic E-state index is 0.420. The predicted molar refractivity (Wildman–Crippen MR) is 323 cm³/mol. The summed E-state index contributed by atoms with van der Waals surface area (Å²) in [5.74, 6) is 0. The summed E-state index contributed by atoms with van der Waals surface area (Å²) in [6.45, 7) is 0. The lowest BCUT2D eigenvalue weighted by molar-refractivity contribution is 1.02. The lowest BCUT2D eigenvalue weighted by atomic mass is 9.98. The molecule has 358 valence electrons. The van der Waals surface area contributed by atoms with E-state index in [2.05, 4.69) is 273 Å². The molecule has 4 heterocycles. The van der Waals surface area contributed by atoms with Crippen molar-refractivity contribution in [1.82, 2.24) is 18.3 Å². The van der Waals surface area contributed by atoms with E-state index < -0.39 is 0 Å². The van der Waals surface area contributed by atoms with Gasteiger partial charge in [-0.15, -0.1) is 0 Å². The molecule has 0 aliphatic carbocycles. The Hall–Kier alpha value is -10.9. The number of para-hydroxylation sites is 4. The molecule has 0 saturated carbocycles. The Kier molecular flexibility index (Phi) is 8.60. The third-order valence-corrected chi connectivity index (χ3v) is 16.7. The van der Waals surface area contributed by atoms with Crippen molar-refractivity contribution in [3.63, 3.8) is 0 Å². The van der Waals surface area contributed by atoms with Gasteiger partial charge in [-0.3, -0.25) is 0 Å². The molecule has 0 N–H and O–H groups in total. The quantitative estimate of drug-likeness (QED) is 0.176. The second kappa shape index (κ2) is 15.8. The third-order valence-electron chi connectivity index (χ3n) is 16.7. The van der Waals surface area contributed by atoms with E-state index in [0.717, 1.165) is 130 Å². The molecule has 0 saturated heterocycles. The third kappa shape index (κ3) is 5.67. The Labute approximate surface area is 445 Å². The maximum atomic E-state index is 12.9. The molecular formula is C72H40N6. The number of hydrogen-bond donors (Lipinski definition) is 0. The van der Waals surface area contributed by atoms with E-state index in [1.807, 2.05) is 0 Å². The van der Waals surface area contributed by atoms with Crippen LogP contribution in [-0.4, -0.2) is 18.3 Å². The summed E-state index contributed by atoms with van der Waals surface area (Å²) in [5.41, 5.74) is 10.7. The molecule has 4 aromatic heterocycles. The number of aromatic nitrogens is 4. The Balaban J connectivity index is 1.20. The smallest absolute Gasteiger partial charge is 0.104 e. The van der Waals surface area contributed by atoms with Crippen LogP contribution in [0.2, 0.25) is 0 Å². The van der Waals surface area contributed by atoms with Crippen LogP contribution in [0.15, 0.2) is 243 Å². The van der Waals surface area contributed by atoms with Crippen molar-refractivity contribution < 1.29 is 0 Å². The summed E-state index contributed by atoms with van der Waals surface area (Å²) in [6, 6.07) is 92.2. The van der Waals surface area contributed by atoms with Crippen LogP contribution in [0.4, 0.5) is 0 Å². The zero-order valence-corrected chi connectivity index (χ0v) is 41.8. The van der Waals surface area contributed by atoms with Crippen LogP contribution in [0.3, 0.4) is 0 Å². The standard InChI is InChI=1S/C72H40N6/c73-41-59-69(75-61-29-13-9-25-51(61)55-33-43-17-1-5-21-47(43)37-65(55)75)70(76-62-30-14-10-26-52(62)56-34-44-18-2-6-22-48(44)38-66(56)76)60(42-74)72(78-64-32-16-12-28-54(64)58-36-46-20-4-8-24-50(46)40-68(58)78)71(59)77-63-31-15-11-27-53(63)57-35-45-19-3-7-23-49(45)39-67(57)77/h1-40H. The number of benzene rings is 13. The first-order chi connectivity index (χ1) is 38.6. The van der Waals surface area contributed by atoms with E-state index in [0.29, 0.717) is 33.9 Å². The highest BCUT2D eigenvalue weighted by Gasteiger charge is 2.35. The molecule has 6 heteroatoms. The number of fused-ring (bicyclic) bond motifs is 16. The fourth-order valence-electron chi connectivity index (χ4n) is 13.4. The molecule has 0 aliphatic rings. The van der Waals surface area contributed by atoms with Crippen molar-refractivity contribution in [3.8, 4) is 34.9 Å². The van der Waals surface area contributed by atoms with Crippen molar-refractivity contribution in [2.45, 2.75) is 0 Å². The molecule has 0 atom stereocenters. The molecular weight excluding hydrogens is 949 g/mol. The number of nitriles is 2. The minimum Gasteiger partial charge on any atom is -0.306 e. The second-order valence-corrected chi connectivity index (χ2v) is 20.6. The van der Waals surface area contributed by atoms with E-state index >= 15 is 0 Å². The lowest BCUT2D eigenvalue weighted by Crippen LogP contribution is -2.16. The van der Waals surface area contributed by atoms with E-state index in [4.69, 9.17) is 0 Å². The molecule has 0 amide bonds. The van der Waals surface area contributed by atoms with Crippen LogP contribution in [-0.2, 0) is 0 Å². The number of hydrogen-bond acceptors (Lipinski definition) is 2.